The van der Waals surface area contributed by atoms with Gasteiger partial charge < -0.3 is 16.4 Å². The molecule has 6 heteroatoms. The lowest BCUT2D eigenvalue weighted by Gasteiger charge is -2.23. The van der Waals surface area contributed by atoms with Crippen LogP contribution in [-0.4, -0.2) is 22.6 Å². The fourth-order valence-corrected chi connectivity index (χ4v) is 1.30. The number of fused-ring (bicyclic) bond motifs is 1. The molecule has 0 fully saturated rings. The third-order valence-corrected chi connectivity index (χ3v) is 1.90. The normalized spacial score (nSPS) is 19.9. The first-order valence-corrected chi connectivity index (χ1v) is 4.07. The summed E-state index contributed by atoms with van der Waals surface area (Å²) in [5.41, 5.74) is 5.61. The van der Waals surface area contributed by atoms with Gasteiger partial charge in [-0.1, -0.05) is 0 Å². The summed E-state index contributed by atoms with van der Waals surface area (Å²) in [4.78, 5) is 17.7. The molecule has 2 heterocycles. The maximum absolute atomic E-state index is 11.4. The molecule has 1 aliphatic heterocycles. The van der Waals surface area contributed by atoms with Gasteiger partial charge in [0.1, 0.15) is 5.69 Å². The van der Waals surface area contributed by atoms with Crippen molar-refractivity contribution in [3.63, 3.8) is 0 Å². The molecule has 1 aromatic rings. The van der Waals surface area contributed by atoms with Gasteiger partial charge in [-0.05, 0) is 6.92 Å². The summed E-state index contributed by atoms with van der Waals surface area (Å²) in [7, 11) is 0. The smallest absolute Gasteiger partial charge is 0.277 e. The molecule has 1 aromatic heterocycles. The van der Waals surface area contributed by atoms with Crippen molar-refractivity contribution in [1.82, 2.24) is 9.97 Å². The van der Waals surface area contributed by atoms with Crippen LogP contribution in [0.2, 0.25) is 0 Å². The molecule has 0 spiro atoms. The van der Waals surface area contributed by atoms with Crippen LogP contribution in [0.1, 0.15) is 6.92 Å². The van der Waals surface area contributed by atoms with E-state index in [-0.39, 0.29) is 17.5 Å². The highest BCUT2D eigenvalue weighted by molar-refractivity contribution is 5.66. The highest BCUT2D eigenvalue weighted by atomic mass is 16.1. The first kappa shape index (κ1) is 7.90. The van der Waals surface area contributed by atoms with Gasteiger partial charge in [-0.3, -0.25) is 9.78 Å². The summed E-state index contributed by atoms with van der Waals surface area (Å²) < 4.78 is 0. The highest BCUT2D eigenvalue weighted by Crippen LogP contribution is 2.18. The number of nitrogens with two attached hydrogens (primary N) is 1. The van der Waals surface area contributed by atoms with Crippen LogP contribution in [0.3, 0.4) is 0 Å². The zero-order valence-electron chi connectivity index (χ0n) is 7.22. The molecule has 0 aliphatic carbocycles. The number of rotatable bonds is 0. The number of nitrogen functional groups attached to an aromatic ring is 1. The standard InChI is InChI=1S/C7H11N5O/c1-3-2-9-5-4(10-3)6(13)12-7(8)11-5/h3,10H,2H2,1H3,(H4,8,9,11,12,13). The van der Waals surface area contributed by atoms with Crippen LogP contribution < -0.4 is 21.9 Å². The van der Waals surface area contributed by atoms with Crippen molar-refractivity contribution < 1.29 is 0 Å². The molecular weight excluding hydrogens is 170 g/mol. The Labute approximate surface area is 74.6 Å². The van der Waals surface area contributed by atoms with E-state index in [9.17, 15) is 4.79 Å². The molecule has 0 saturated carbocycles. The molecule has 0 radical (unpaired) electrons. The van der Waals surface area contributed by atoms with Crippen LogP contribution in [0.15, 0.2) is 4.79 Å². The summed E-state index contributed by atoms with van der Waals surface area (Å²) in [5.74, 6) is 0.659. The Morgan fingerprint density at radius 2 is 2.38 bits per heavy atom. The molecule has 0 bridgehead atoms. The van der Waals surface area contributed by atoms with Gasteiger partial charge >= 0.3 is 0 Å². The van der Waals surface area contributed by atoms with Gasteiger partial charge in [-0.15, -0.1) is 0 Å². The van der Waals surface area contributed by atoms with Gasteiger partial charge in [0.25, 0.3) is 5.56 Å². The monoisotopic (exact) mass is 181 g/mol. The van der Waals surface area contributed by atoms with Crippen LogP contribution in [0.25, 0.3) is 0 Å². The molecule has 1 unspecified atom stereocenters. The van der Waals surface area contributed by atoms with Gasteiger partial charge in [0.15, 0.2) is 5.82 Å². The summed E-state index contributed by atoms with van der Waals surface area (Å²) in [6.07, 6.45) is 0. The second-order valence-electron chi connectivity index (χ2n) is 3.10. The molecule has 70 valence electrons. The number of hydrogen-bond acceptors (Lipinski definition) is 5. The van der Waals surface area contributed by atoms with E-state index >= 15 is 0 Å². The summed E-state index contributed by atoms with van der Waals surface area (Å²) in [6.45, 7) is 2.72. The lowest BCUT2D eigenvalue weighted by atomic mass is 10.2. The minimum atomic E-state index is -0.235. The molecule has 2 rings (SSSR count). The predicted octanol–water partition coefficient (Wildman–Crippen LogP) is -0.422. The van der Waals surface area contributed by atoms with E-state index in [1.165, 1.54) is 0 Å². The van der Waals surface area contributed by atoms with Gasteiger partial charge in [-0.25, -0.2) is 0 Å². The number of nitrogens with zero attached hydrogens (tertiary/aromatic N) is 1. The van der Waals surface area contributed by atoms with E-state index < -0.39 is 0 Å². The largest absolute Gasteiger partial charge is 0.373 e. The average Bonchev–Trinajstić information content (AvgIpc) is 2.06. The van der Waals surface area contributed by atoms with Crippen molar-refractivity contribution in [1.29, 1.82) is 0 Å². The SMILES string of the molecule is CC1CNc2nc(N)[nH]c(=O)c2N1. The Balaban J connectivity index is 2.53. The van der Waals surface area contributed by atoms with Gasteiger partial charge in [0.2, 0.25) is 5.95 Å². The van der Waals surface area contributed by atoms with Gasteiger partial charge in [-0.2, -0.15) is 4.98 Å². The Bertz CT molecular complexity index is 385. The number of H-pyrrole nitrogens is 1. The number of hydrogen-bond donors (Lipinski definition) is 4. The van der Waals surface area contributed by atoms with Crippen molar-refractivity contribution in [2.24, 2.45) is 0 Å². The van der Waals surface area contributed by atoms with Crippen LogP contribution in [0, 0.1) is 0 Å². The van der Waals surface area contributed by atoms with E-state index in [1.807, 2.05) is 6.92 Å². The van der Waals surface area contributed by atoms with Crippen LogP contribution in [-0.2, 0) is 0 Å². The van der Waals surface area contributed by atoms with Crippen LogP contribution in [0.4, 0.5) is 17.5 Å². The second-order valence-corrected chi connectivity index (χ2v) is 3.10. The summed E-state index contributed by atoms with van der Waals surface area (Å²) >= 11 is 0. The third-order valence-electron chi connectivity index (χ3n) is 1.90. The zero-order valence-corrected chi connectivity index (χ0v) is 7.22. The van der Waals surface area contributed by atoms with E-state index in [0.29, 0.717) is 11.5 Å². The molecule has 0 saturated heterocycles. The van der Waals surface area contributed by atoms with Crippen molar-refractivity contribution in [2.75, 3.05) is 22.9 Å². The van der Waals surface area contributed by atoms with Crippen molar-refractivity contribution in [3.05, 3.63) is 10.4 Å². The molecule has 0 aromatic carbocycles. The maximum atomic E-state index is 11.4. The fourth-order valence-electron chi connectivity index (χ4n) is 1.30. The lowest BCUT2D eigenvalue weighted by molar-refractivity contribution is 0.803. The van der Waals surface area contributed by atoms with E-state index in [4.69, 9.17) is 5.73 Å². The van der Waals surface area contributed by atoms with Crippen LogP contribution in [0.5, 0.6) is 0 Å². The maximum Gasteiger partial charge on any atom is 0.277 e. The minimum Gasteiger partial charge on any atom is -0.373 e. The zero-order chi connectivity index (χ0) is 9.42. The Kier molecular flexibility index (Phi) is 1.61. The van der Waals surface area contributed by atoms with Gasteiger partial charge in [0.05, 0.1) is 0 Å². The number of anilines is 3. The van der Waals surface area contributed by atoms with Gasteiger partial charge in [0, 0.05) is 12.6 Å². The molecular formula is C7H11N5O. The quantitative estimate of drug-likeness (QED) is 0.436. The topological polar surface area (TPSA) is 95.8 Å². The van der Waals surface area contributed by atoms with Crippen LogP contribution >= 0.6 is 0 Å². The van der Waals surface area contributed by atoms with E-state index in [2.05, 4.69) is 20.6 Å². The lowest BCUT2D eigenvalue weighted by Crippen LogP contribution is -2.35. The number of nitrogens with one attached hydrogen (secondary N) is 3. The molecule has 5 N–H and O–H groups in total. The minimum absolute atomic E-state index is 0.132. The first-order valence-electron chi connectivity index (χ1n) is 4.07. The molecule has 13 heavy (non-hydrogen) atoms. The Hall–Kier alpha value is -1.72. The Morgan fingerprint density at radius 3 is 3.15 bits per heavy atom. The molecule has 1 atom stereocenters. The van der Waals surface area contributed by atoms with Crippen molar-refractivity contribution >= 4 is 17.5 Å². The summed E-state index contributed by atoms with van der Waals surface area (Å²) in [6, 6.07) is 0.221. The second kappa shape index (κ2) is 2.65. The number of aromatic nitrogens is 2. The Morgan fingerprint density at radius 1 is 1.62 bits per heavy atom. The van der Waals surface area contributed by atoms with E-state index in [1.54, 1.807) is 0 Å². The fraction of sp³-hybridized carbons (Fsp3) is 0.429. The van der Waals surface area contributed by atoms with Crippen molar-refractivity contribution in [2.45, 2.75) is 13.0 Å². The number of aromatic amines is 1. The summed E-state index contributed by atoms with van der Waals surface area (Å²) in [5, 5.41) is 6.05. The molecule has 0 amide bonds. The third kappa shape index (κ3) is 1.30. The first-order chi connectivity index (χ1) is 6.16. The van der Waals surface area contributed by atoms with Crippen molar-refractivity contribution in [3.8, 4) is 0 Å². The molecule has 1 aliphatic rings. The van der Waals surface area contributed by atoms with E-state index in [0.717, 1.165) is 6.54 Å². The average molecular weight is 181 g/mol. The predicted molar refractivity (Wildman–Crippen MR) is 50.8 cm³/mol. The highest BCUT2D eigenvalue weighted by Gasteiger charge is 2.17. The molecule has 6 nitrogen and oxygen atoms in total.